The minimum Gasteiger partial charge on any atom is -0.343 e. The highest BCUT2D eigenvalue weighted by Gasteiger charge is 2.40. The summed E-state index contributed by atoms with van der Waals surface area (Å²) in [7, 11) is 0. The molecule has 0 aliphatic rings. The quantitative estimate of drug-likeness (QED) is 0.731. The van der Waals surface area contributed by atoms with Crippen LogP contribution in [-0.4, -0.2) is 40.0 Å². The van der Waals surface area contributed by atoms with E-state index in [1.54, 1.807) is 5.32 Å². The van der Waals surface area contributed by atoms with Crippen molar-refractivity contribution >= 4 is 5.91 Å². The monoisotopic (exact) mass is 226 g/mol. The van der Waals surface area contributed by atoms with Gasteiger partial charge in [0.25, 0.3) is 5.91 Å². The molecule has 0 unspecified atom stereocenters. The lowest BCUT2D eigenvalue weighted by Gasteiger charge is -2.14. The van der Waals surface area contributed by atoms with E-state index < -0.39 is 24.8 Å². The number of H-pyrrole nitrogens is 1. The average Bonchev–Trinajstić information content (AvgIpc) is 2.66. The molecule has 5 nitrogen and oxygen atoms in total. The fourth-order valence-corrected chi connectivity index (χ4v) is 0.674. The predicted molar refractivity (Wildman–Crippen MR) is 39.7 cm³/mol. The van der Waals surface area contributed by atoms with Gasteiger partial charge in [-0.2, -0.15) is 13.9 Å². The second kappa shape index (κ2) is 4.24. The molecule has 0 fully saturated rings. The van der Waals surface area contributed by atoms with Crippen LogP contribution in [-0.2, 0) is 0 Å². The Bertz CT molecular complexity index is 326. The number of hydrogen-bond acceptors (Lipinski definition) is 3. The van der Waals surface area contributed by atoms with Crippen LogP contribution in [0.1, 0.15) is 10.6 Å². The highest BCUT2D eigenvalue weighted by molar-refractivity contribution is 5.90. The number of rotatable bonds is 4. The smallest absolute Gasteiger partial charge is 0.324 e. The van der Waals surface area contributed by atoms with E-state index in [-0.39, 0.29) is 5.82 Å². The molecule has 0 saturated carbocycles. The van der Waals surface area contributed by atoms with E-state index in [0.29, 0.717) is 0 Å². The summed E-state index contributed by atoms with van der Waals surface area (Å²) in [6, 6.07) is 0. The maximum Gasteiger partial charge on any atom is 0.324 e. The van der Waals surface area contributed by atoms with Crippen molar-refractivity contribution in [3.05, 3.63) is 12.2 Å². The van der Waals surface area contributed by atoms with Crippen LogP contribution in [0.15, 0.2) is 6.33 Å². The minimum atomic E-state index is -4.25. The van der Waals surface area contributed by atoms with Crippen LogP contribution in [0.5, 0.6) is 0 Å². The fraction of sp³-hybridized carbons (Fsp3) is 0.500. The third kappa shape index (κ3) is 2.89. The summed E-state index contributed by atoms with van der Waals surface area (Å²) in [4.78, 5) is 14.3. The van der Waals surface area contributed by atoms with E-state index in [2.05, 4.69) is 15.2 Å². The van der Waals surface area contributed by atoms with Gasteiger partial charge in [0.1, 0.15) is 6.33 Å². The van der Waals surface area contributed by atoms with Crippen molar-refractivity contribution < 1.29 is 22.4 Å². The molecule has 0 radical (unpaired) electrons. The molecule has 0 aliphatic heterocycles. The van der Waals surface area contributed by atoms with Gasteiger partial charge in [-0.15, -0.1) is 0 Å². The Morgan fingerprint density at radius 3 is 2.73 bits per heavy atom. The third-order valence-electron chi connectivity index (χ3n) is 1.43. The van der Waals surface area contributed by atoms with E-state index in [0.717, 1.165) is 6.33 Å². The summed E-state index contributed by atoms with van der Waals surface area (Å²) in [5.74, 6) is -5.59. The van der Waals surface area contributed by atoms with E-state index in [1.807, 2.05) is 0 Å². The Balaban J connectivity index is 2.48. The van der Waals surface area contributed by atoms with Gasteiger partial charge in [0, 0.05) is 0 Å². The maximum atomic E-state index is 12.3. The number of amides is 1. The molecule has 9 heteroatoms. The molecule has 0 bridgehead atoms. The number of carbonyl (C=O) groups excluding carboxylic acids is 1. The number of nitrogens with one attached hydrogen (secondary N) is 2. The number of aromatic nitrogens is 3. The summed E-state index contributed by atoms with van der Waals surface area (Å²) in [5, 5.41) is 6.99. The number of nitrogens with zero attached hydrogens (tertiary/aromatic N) is 2. The molecular weight excluding hydrogens is 220 g/mol. The first-order chi connectivity index (χ1) is 6.93. The molecule has 0 saturated heterocycles. The molecule has 0 aromatic carbocycles. The van der Waals surface area contributed by atoms with Crippen LogP contribution in [0.3, 0.4) is 0 Å². The van der Waals surface area contributed by atoms with Crippen LogP contribution >= 0.6 is 0 Å². The van der Waals surface area contributed by atoms with Crippen molar-refractivity contribution in [3.8, 4) is 0 Å². The molecule has 84 valence electrons. The van der Waals surface area contributed by atoms with Gasteiger partial charge in [-0.3, -0.25) is 9.89 Å². The average molecular weight is 226 g/mol. The molecular formula is C6H6F4N4O. The van der Waals surface area contributed by atoms with Crippen LogP contribution in [0.25, 0.3) is 0 Å². The van der Waals surface area contributed by atoms with E-state index in [1.165, 1.54) is 0 Å². The van der Waals surface area contributed by atoms with Crippen molar-refractivity contribution in [2.75, 3.05) is 6.54 Å². The van der Waals surface area contributed by atoms with Crippen LogP contribution in [0.4, 0.5) is 17.6 Å². The number of aromatic amines is 1. The number of alkyl halides is 4. The van der Waals surface area contributed by atoms with Gasteiger partial charge in [-0.05, 0) is 0 Å². The molecule has 0 atom stereocenters. The molecule has 2 N–H and O–H groups in total. The minimum absolute atomic E-state index is 0.319. The number of hydrogen-bond donors (Lipinski definition) is 2. The van der Waals surface area contributed by atoms with E-state index in [4.69, 9.17) is 0 Å². The summed E-state index contributed by atoms with van der Waals surface area (Å²) >= 11 is 0. The zero-order valence-corrected chi connectivity index (χ0v) is 7.18. The number of carbonyl (C=O) groups is 1. The second-order valence-corrected chi connectivity index (χ2v) is 2.58. The summed E-state index contributed by atoms with van der Waals surface area (Å²) in [6.45, 7) is -1.45. The summed E-state index contributed by atoms with van der Waals surface area (Å²) < 4.78 is 48.0. The Hall–Kier alpha value is -1.67. The van der Waals surface area contributed by atoms with Gasteiger partial charge < -0.3 is 5.32 Å². The Morgan fingerprint density at radius 1 is 1.60 bits per heavy atom. The summed E-state index contributed by atoms with van der Waals surface area (Å²) in [6.07, 6.45) is -2.84. The first-order valence-electron chi connectivity index (χ1n) is 3.73. The molecule has 1 amide bonds. The molecule has 15 heavy (non-hydrogen) atoms. The Kier molecular flexibility index (Phi) is 3.22. The zero-order valence-electron chi connectivity index (χ0n) is 7.18. The van der Waals surface area contributed by atoms with Gasteiger partial charge in [-0.25, -0.2) is 13.8 Å². The third-order valence-corrected chi connectivity index (χ3v) is 1.43. The van der Waals surface area contributed by atoms with Crippen molar-refractivity contribution in [2.24, 2.45) is 0 Å². The zero-order chi connectivity index (χ0) is 11.5. The van der Waals surface area contributed by atoms with E-state index >= 15 is 0 Å². The molecule has 0 aliphatic carbocycles. The fourth-order valence-electron chi connectivity index (χ4n) is 0.674. The maximum absolute atomic E-state index is 12.3. The van der Waals surface area contributed by atoms with Crippen molar-refractivity contribution in [1.82, 2.24) is 20.5 Å². The van der Waals surface area contributed by atoms with Gasteiger partial charge in [0.05, 0.1) is 6.54 Å². The van der Waals surface area contributed by atoms with Crippen LogP contribution in [0, 0.1) is 0 Å². The lowest BCUT2D eigenvalue weighted by Crippen LogP contribution is -2.41. The Morgan fingerprint density at radius 2 is 2.27 bits per heavy atom. The largest absolute Gasteiger partial charge is 0.343 e. The molecule has 1 aromatic heterocycles. The first kappa shape index (κ1) is 11.4. The van der Waals surface area contributed by atoms with Crippen LogP contribution in [0.2, 0.25) is 0 Å². The van der Waals surface area contributed by atoms with Crippen molar-refractivity contribution in [1.29, 1.82) is 0 Å². The Labute approximate surface area is 80.9 Å². The van der Waals surface area contributed by atoms with Crippen molar-refractivity contribution in [2.45, 2.75) is 12.3 Å². The number of halogens is 4. The van der Waals surface area contributed by atoms with Crippen molar-refractivity contribution in [3.63, 3.8) is 0 Å². The molecule has 1 rings (SSSR count). The van der Waals surface area contributed by atoms with Crippen LogP contribution < -0.4 is 5.32 Å². The topological polar surface area (TPSA) is 70.7 Å². The molecule has 1 aromatic rings. The standard InChI is InChI=1S/C6H6F4N4O/c7-5(8)6(9,10)1-11-4(15)3-12-2-13-14-3/h2,5H,1H2,(H,11,15)(H,12,13,14). The lowest BCUT2D eigenvalue weighted by atomic mass is 10.3. The summed E-state index contributed by atoms with van der Waals surface area (Å²) in [5.41, 5.74) is 0. The van der Waals surface area contributed by atoms with Gasteiger partial charge >= 0.3 is 12.3 Å². The normalized spacial score (nSPS) is 11.8. The lowest BCUT2D eigenvalue weighted by molar-refractivity contribution is -0.123. The highest BCUT2D eigenvalue weighted by atomic mass is 19.3. The predicted octanol–water partition coefficient (Wildman–Crippen LogP) is 0.435. The molecule has 1 heterocycles. The van der Waals surface area contributed by atoms with E-state index in [9.17, 15) is 22.4 Å². The highest BCUT2D eigenvalue weighted by Crippen LogP contribution is 2.21. The molecule has 0 spiro atoms. The first-order valence-corrected chi connectivity index (χ1v) is 3.73. The SMILES string of the molecule is O=C(NCC(F)(F)C(F)F)c1ncn[nH]1. The van der Waals surface area contributed by atoms with Gasteiger partial charge in [-0.1, -0.05) is 0 Å². The second-order valence-electron chi connectivity index (χ2n) is 2.58. The van der Waals surface area contributed by atoms with Gasteiger partial charge in [0.2, 0.25) is 5.82 Å². The van der Waals surface area contributed by atoms with Gasteiger partial charge in [0.15, 0.2) is 0 Å².